The number of halogens is 1. The molecule has 0 aliphatic carbocycles. The fourth-order valence-corrected chi connectivity index (χ4v) is 2.40. The van der Waals surface area contributed by atoms with Crippen LogP contribution in [-0.2, 0) is 14.3 Å². The fraction of sp³-hybridized carbons (Fsp3) is 0.357. The van der Waals surface area contributed by atoms with Gasteiger partial charge in [-0.05, 0) is 6.92 Å². The Bertz CT molecular complexity index is 684. The summed E-state index contributed by atoms with van der Waals surface area (Å²) in [6.07, 6.45) is 8.94. The van der Waals surface area contributed by atoms with Crippen molar-refractivity contribution in [2.75, 3.05) is 19.4 Å². The third-order valence-electron chi connectivity index (χ3n) is 2.77. The predicted octanol–water partition coefficient (Wildman–Crippen LogP) is 2.13. The van der Waals surface area contributed by atoms with Gasteiger partial charge in [-0.25, -0.2) is 9.56 Å². The lowest BCUT2D eigenvalue weighted by atomic mass is 10.2. The van der Waals surface area contributed by atoms with Gasteiger partial charge < -0.3 is 0 Å². The lowest BCUT2D eigenvalue weighted by Crippen LogP contribution is -2.13. The van der Waals surface area contributed by atoms with E-state index in [1.54, 1.807) is 17.0 Å². The molecule has 0 amide bonds. The number of nitrogens with zero attached hydrogens (tertiary/aromatic N) is 3. The lowest BCUT2D eigenvalue weighted by Gasteiger charge is -2.01. The van der Waals surface area contributed by atoms with E-state index in [1.807, 2.05) is 19.1 Å². The second-order valence-electron chi connectivity index (χ2n) is 4.38. The van der Waals surface area contributed by atoms with Crippen molar-refractivity contribution >= 4 is 34.0 Å². The maximum atomic E-state index is 11.2. The van der Waals surface area contributed by atoms with Gasteiger partial charge in [0.2, 0.25) is 0 Å². The first-order chi connectivity index (χ1) is 10.4. The van der Waals surface area contributed by atoms with E-state index in [4.69, 9.17) is 11.6 Å². The van der Waals surface area contributed by atoms with Crippen LogP contribution in [0.5, 0.6) is 0 Å². The molecule has 22 heavy (non-hydrogen) atoms. The van der Waals surface area contributed by atoms with E-state index in [0.717, 1.165) is 12.7 Å². The van der Waals surface area contributed by atoms with Crippen LogP contribution in [0.1, 0.15) is 19.0 Å². The molecule has 1 rings (SSSR count). The van der Waals surface area contributed by atoms with Crippen molar-refractivity contribution < 1.29 is 17.2 Å². The molecule has 0 radical (unpaired) electrons. The van der Waals surface area contributed by atoms with Crippen molar-refractivity contribution in [1.82, 2.24) is 9.97 Å². The van der Waals surface area contributed by atoms with E-state index in [9.17, 15) is 8.42 Å². The molecule has 0 aromatic carbocycles. The smallest absolute Gasteiger partial charge is 0.267 e. The molecule has 0 saturated carbocycles. The molecule has 6 nitrogen and oxygen atoms in total. The molecule has 0 bridgehead atoms. The monoisotopic (exact) mass is 344 g/mol. The minimum Gasteiger partial charge on any atom is -0.273 e. The zero-order chi connectivity index (χ0) is 16.6. The van der Waals surface area contributed by atoms with Crippen LogP contribution in [0, 0.1) is 0 Å². The summed E-state index contributed by atoms with van der Waals surface area (Å²) in [6, 6.07) is 0. The molecular formula is C14H19ClN3O3S+. The summed E-state index contributed by atoms with van der Waals surface area (Å²) in [5.41, 5.74) is 1.50. The zero-order valence-corrected chi connectivity index (χ0v) is 14.1. The normalized spacial score (nSPS) is 12.8. The molecule has 0 atom stereocenters. The molecule has 0 fully saturated rings. The summed E-state index contributed by atoms with van der Waals surface area (Å²) < 4.78 is 28.4. The standard InChI is InChI=1S/C14H19ClN3O3S/c1-4-12(13-10-16-11-14(15)17-13)6-8-18(2)7-5-9-22(19,20)21-3/h4,6,8,10-11H,2,5,7,9H2,1,3H3/q+1/b8-6-,12-4+. The molecule has 1 heterocycles. The van der Waals surface area contributed by atoms with Crippen LogP contribution in [0.25, 0.3) is 5.57 Å². The van der Waals surface area contributed by atoms with Gasteiger partial charge in [0.05, 0.1) is 31.0 Å². The SMILES string of the molecule is C=[N+](/C=C\C(=C/C)c1cncc(Cl)n1)CCCS(=O)(=O)OC. The van der Waals surface area contributed by atoms with Crippen LogP contribution in [0.4, 0.5) is 0 Å². The quantitative estimate of drug-likeness (QED) is 0.312. The Kier molecular flexibility index (Phi) is 7.37. The van der Waals surface area contributed by atoms with Crippen LogP contribution in [0.15, 0.2) is 30.7 Å². The number of hydrogen-bond donors (Lipinski definition) is 0. The summed E-state index contributed by atoms with van der Waals surface area (Å²) in [5, 5.41) is 0.321. The molecule has 0 aliphatic rings. The molecule has 120 valence electrons. The second kappa shape index (κ2) is 8.77. The molecule has 1 aromatic heterocycles. The Morgan fingerprint density at radius 2 is 2.23 bits per heavy atom. The second-order valence-corrected chi connectivity index (χ2v) is 6.63. The van der Waals surface area contributed by atoms with Gasteiger partial charge in [-0.3, -0.25) is 9.17 Å². The van der Waals surface area contributed by atoms with E-state index < -0.39 is 10.1 Å². The first-order valence-corrected chi connectivity index (χ1v) is 8.51. The zero-order valence-electron chi connectivity index (χ0n) is 12.6. The van der Waals surface area contributed by atoms with Gasteiger partial charge in [0.25, 0.3) is 10.1 Å². The molecular weight excluding hydrogens is 326 g/mol. The third kappa shape index (κ3) is 6.46. The summed E-state index contributed by atoms with van der Waals surface area (Å²) in [6.45, 7) is 6.18. The Hall–Kier alpha value is -1.57. The van der Waals surface area contributed by atoms with E-state index in [-0.39, 0.29) is 5.75 Å². The van der Waals surface area contributed by atoms with Gasteiger partial charge in [-0.2, -0.15) is 8.42 Å². The first-order valence-electron chi connectivity index (χ1n) is 6.56. The highest BCUT2D eigenvalue weighted by atomic mass is 35.5. The van der Waals surface area contributed by atoms with Gasteiger partial charge in [0, 0.05) is 18.1 Å². The highest BCUT2D eigenvalue weighted by Crippen LogP contribution is 2.14. The van der Waals surface area contributed by atoms with Gasteiger partial charge in [-0.1, -0.05) is 17.7 Å². The van der Waals surface area contributed by atoms with Crippen LogP contribution in [0.3, 0.4) is 0 Å². The van der Waals surface area contributed by atoms with Crippen molar-refractivity contribution in [3.8, 4) is 0 Å². The van der Waals surface area contributed by atoms with E-state index in [2.05, 4.69) is 20.9 Å². The van der Waals surface area contributed by atoms with E-state index >= 15 is 0 Å². The minimum atomic E-state index is -3.42. The van der Waals surface area contributed by atoms with Gasteiger partial charge in [0.15, 0.2) is 6.20 Å². The van der Waals surface area contributed by atoms with Gasteiger partial charge in [-0.15, -0.1) is 0 Å². The van der Waals surface area contributed by atoms with Crippen LogP contribution < -0.4 is 0 Å². The Balaban J connectivity index is 2.61. The van der Waals surface area contributed by atoms with Gasteiger partial charge >= 0.3 is 0 Å². The van der Waals surface area contributed by atoms with Crippen LogP contribution >= 0.6 is 11.6 Å². The molecule has 8 heteroatoms. The van der Waals surface area contributed by atoms with E-state index in [0.29, 0.717) is 23.8 Å². The lowest BCUT2D eigenvalue weighted by molar-refractivity contribution is -0.447. The van der Waals surface area contributed by atoms with E-state index in [1.165, 1.54) is 6.20 Å². The average molecular weight is 345 g/mol. The first kappa shape index (κ1) is 18.5. The number of allylic oxidation sites excluding steroid dienone is 3. The summed E-state index contributed by atoms with van der Waals surface area (Å²) in [4.78, 5) is 8.16. The van der Waals surface area contributed by atoms with Crippen LogP contribution in [-0.4, -0.2) is 49.1 Å². The third-order valence-corrected chi connectivity index (χ3v) is 4.25. The summed E-state index contributed by atoms with van der Waals surface area (Å²) >= 11 is 5.82. The molecule has 0 spiro atoms. The van der Waals surface area contributed by atoms with Gasteiger partial charge in [0.1, 0.15) is 18.4 Å². The fourth-order valence-electron chi connectivity index (χ4n) is 1.60. The molecule has 0 N–H and O–H groups in total. The number of hydrogen-bond acceptors (Lipinski definition) is 5. The largest absolute Gasteiger partial charge is 0.273 e. The van der Waals surface area contributed by atoms with Crippen molar-refractivity contribution in [2.24, 2.45) is 0 Å². The topological polar surface area (TPSA) is 72.2 Å². The van der Waals surface area contributed by atoms with Crippen LogP contribution in [0.2, 0.25) is 5.15 Å². The summed E-state index contributed by atoms with van der Waals surface area (Å²) in [7, 11) is -2.27. The van der Waals surface area contributed by atoms with Crippen molar-refractivity contribution in [2.45, 2.75) is 13.3 Å². The Morgan fingerprint density at radius 3 is 2.82 bits per heavy atom. The number of aromatic nitrogens is 2. The molecule has 1 aromatic rings. The van der Waals surface area contributed by atoms with Crippen molar-refractivity contribution in [1.29, 1.82) is 0 Å². The minimum absolute atomic E-state index is 0.0421. The Labute approximate surface area is 135 Å². The summed E-state index contributed by atoms with van der Waals surface area (Å²) in [5.74, 6) is -0.0421. The average Bonchev–Trinajstić information content (AvgIpc) is 2.48. The highest BCUT2D eigenvalue weighted by Gasteiger charge is 2.10. The number of rotatable bonds is 8. The maximum absolute atomic E-state index is 11.2. The van der Waals surface area contributed by atoms with Crippen molar-refractivity contribution in [3.05, 3.63) is 41.6 Å². The van der Waals surface area contributed by atoms with Crippen molar-refractivity contribution in [3.63, 3.8) is 0 Å². The highest BCUT2D eigenvalue weighted by molar-refractivity contribution is 7.86. The Morgan fingerprint density at radius 1 is 1.50 bits per heavy atom. The molecule has 0 saturated heterocycles. The predicted molar refractivity (Wildman–Crippen MR) is 87.5 cm³/mol. The molecule has 0 aliphatic heterocycles. The maximum Gasteiger partial charge on any atom is 0.267 e. The molecule has 0 unspecified atom stereocenters.